The van der Waals surface area contributed by atoms with Crippen molar-refractivity contribution < 1.29 is 17.7 Å². The fourth-order valence-electron chi connectivity index (χ4n) is 1.15. The Balaban J connectivity index is 3.06. The van der Waals surface area contributed by atoms with Gasteiger partial charge in [-0.3, -0.25) is 0 Å². The number of hydrogen-bond acceptors (Lipinski definition) is 3. The summed E-state index contributed by atoms with van der Waals surface area (Å²) >= 11 is 0. The largest absolute Gasteiger partial charge is 0.452 e. The lowest BCUT2D eigenvalue weighted by Gasteiger charge is -2.06. The van der Waals surface area contributed by atoms with Gasteiger partial charge in [0.05, 0.1) is 0 Å². The van der Waals surface area contributed by atoms with E-state index < -0.39 is 11.9 Å². The van der Waals surface area contributed by atoms with E-state index in [1.165, 1.54) is 0 Å². The molecule has 0 radical (unpaired) electrons. The van der Waals surface area contributed by atoms with Crippen LogP contribution in [0.25, 0.3) is 0 Å². The number of nitrogen functional groups attached to an aromatic ring is 1. The maximum atomic E-state index is 12.3. The van der Waals surface area contributed by atoms with Crippen LogP contribution in [-0.4, -0.2) is 5.16 Å². The lowest BCUT2D eigenvalue weighted by molar-refractivity contribution is -0.156. The summed E-state index contributed by atoms with van der Waals surface area (Å²) in [5, 5.41) is 3.12. The van der Waals surface area contributed by atoms with Gasteiger partial charge in [-0.05, 0) is 12.3 Å². The molecule has 1 heterocycles. The predicted molar refractivity (Wildman–Crippen MR) is 44.5 cm³/mol. The maximum absolute atomic E-state index is 12.3. The van der Waals surface area contributed by atoms with Crippen LogP contribution in [0, 0.1) is 5.92 Å². The highest BCUT2D eigenvalue weighted by Crippen LogP contribution is 2.35. The molecule has 6 heteroatoms. The Morgan fingerprint density at radius 2 is 2.00 bits per heavy atom. The minimum absolute atomic E-state index is 0.0486. The van der Waals surface area contributed by atoms with Gasteiger partial charge in [0.25, 0.3) is 0 Å². The lowest BCUT2D eigenvalue weighted by atomic mass is 10.0. The average Bonchev–Trinajstić information content (AvgIpc) is 2.30. The number of alkyl halides is 3. The molecule has 0 aliphatic carbocycles. The van der Waals surface area contributed by atoms with Crippen molar-refractivity contribution in [2.75, 3.05) is 5.73 Å². The number of halogens is 3. The zero-order chi connectivity index (χ0) is 10.9. The van der Waals surface area contributed by atoms with Crippen LogP contribution in [0.3, 0.4) is 0 Å². The molecule has 2 N–H and O–H groups in total. The van der Waals surface area contributed by atoms with E-state index in [0.717, 1.165) is 0 Å². The molecule has 1 aromatic rings. The van der Waals surface area contributed by atoms with Crippen molar-refractivity contribution in [1.82, 2.24) is 5.16 Å². The molecular weight excluding hydrogens is 197 g/mol. The van der Waals surface area contributed by atoms with Gasteiger partial charge in [-0.15, -0.1) is 0 Å². The molecule has 14 heavy (non-hydrogen) atoms. The van der Waals surface area contributed by atoms with Gasteiger partial charge < -0.3 is 10.3 Å². The summed E-state index contributed by atoms with van der Waals surface area (Å²) in [6, 6.07) is 0. The number of aromatic nitrogens is 1. The van der Waals surface area contributed by atoms with E-state index in [0.29, 0.717) is 0 Å². The third-order valence-corrected chi connectivity index (χ3v) is 1.69. The molecule has 0 bridgehead atoms. The molecule has 0 aliphatic heterocycles. The second kappa shape index (κ2) is 3.51. The van der Waals surface area contributed by atoms with Gasteiger partial charge in [-0.1, -0.05) is 19.0 Å². The smallest absolute Gasteiger partial charge is 0.381 e. The molecule has 0 unspecified atom stereocenters. The van der Waals surface area contributed by atoms with Crippen LogP contribution in [0.2, 0.25) is 0 Å². The third kappa shape index (κ3) is 2.18. The number of rotatable bonds is 2. The molecule has 0 amide bonds. The summed E-state index contributed by atoms with van der Waals surface area (Å²) in [5.41, 5.74) is 5.23. The van der Waals surface area contributed by atoms with E-state index in [-0.39, 0.29) is 23.7 Å². The molecule has 80 valence electrons. The van der Waals surface area contributed by atoms with Crippen LogP contribution in [0.5, 0.6) is 0 Å². The van der Waals surface area contributed by atoms with Crippen LogP contribution in [0.15, 0.2) is 4.52 Å². The monoisotopic (exact) mass is 208 g/mol. The first-order valence-electron chi connectivity index (χ1n) is 4.13. The van der Waals surface area contributed by atoms with Crippen molar-refractivity contribution in [2.24, 2.45) is 5.92 Å². The van der Waals surface area contributed by atoms with Crippen LogP contribution in [0.4, 0.5) is 19.0 Å². The fourth-order valence-corrected chi connectivity index (χ4v) is 1.15. The zero-order valence-electron chi connectivity index (χ0n) is 7.85. The summed E-state index contributed by atoms with van der Waals surface area (Å²) in [5.74, 6) is -1.19. The van der Waals surface area contributed by atoms with Gasteiger partial charge in [0.15, 0.2) is 5.82 Å². The maximum Gasteiger partial charge on any atom is 0.452 e. The van der Waals surface area contributed by atoms with Crippen LogP contribution >= 0.6 is 0 Å². The molecule has 1 rings (SSSR count). The molecule has 3 nitrogen and oxygen atoms in total. The minimum Gasteiger partial charge on any atom is -0.381 e. The Hall–Kier alpha value is -1.20. The number of hydrogen-bond donors (Lipinski definition) is 1. The Labute approximate surface area is 79.1 Å². The summed E-state index contributed by atoms with van der Waals surface area (Å²) in [6.07, 6.45) is -4.31. The second-order valence-electron chi connectivity index (χ2n) is 3.47. The molecule has 0 spiro atoms. The lowest BCUT2D eigenvalue weighted by Crippen LogP contribution is -2.09. The highest BCUT2D eigenvalue weighted by Gasteiger charge is 2.39. The van der Waals surface area contributed by atoms with Crippen LogP contribution in [0.1, 0.15) is 25.2 Å². The van der Waals surface area contributed by atoms with Crippen molar-refractivity contribution in [2.45, 2.75) is 26.4 Å². The first-order valence-corrected chi connectivity index (χ1v) is 4.13. The summed E-state index contributed by atoms with van der Waals surface area (Å²) < 4.78 is 41.1. The van der Waals surface area contributed by atoms with Crippen molar-refractivity contribution in [3.63, 3.8) is 0 Å². The van der Waals surface area contributed by atoms with Gasteiger partial charge in [0, 0.05) is 5.56 Å². The zero-order valence-corrected chi connectivity index (χ0v) is 7.85. The molecule has 0 saturated carbocycles. The van der Waals surface area contributed by atoms with Crippen LogP contribution in [-0.2, 0) is 12.6 Å². The number of nitrogens with two attached hydrogens (primary N) is 1. The SMILES string of the molecule is CC(C)Cc1c(N)noc1C(F)(F)F. The Kier molecular flexibility index (Phi) is 2.73. The third-order valence-electron chi connectivity index (χ3n) is 1.69. The normalized spacial score (nSPS) is 12.4. The fraction of sp³-hybridized carbons (Fsp3) is 0.625. The van der Waals surface area contributed by atoms with Gasteiger partial charge in [0.2, 0.25) is 5.76 Å². The number of nitrogens with zero attached hydrogens (tertiary/aromatic N) is 1. The minimum atomic E-state index is -4.52. The molecule has 0 fully saturated rings. The van der Waals surface area contributed by atoms with E-state index >= 15 is 0 Å². The molecular formula is C8H11F3N2O. The van der Waals surface area contributed by atoms with Crippen molar-refractivity contribution in [1.29, 1.82) is 0 Å². The van der Waals surface area contributed by atoms with Crippen molar-refractivity contribution in [3.05, 3.63) is 11.3 Å². The quantitative estimate of drug-likeness (QED) is 0.812. The summed E-state index contributed by atoms with van der Waals surface area (Å²) in [4.78, 5) is 0. The average molecular weight is 208 g/mol. The molecule has 0 saturated heterocycles. The molecule has 0 atom stereocenters. The Morgan fingerprint density at radius 3 is 2.43 bits per heavy atom. The second-order valence-corrected chi connectivity index (χ2v) is 3.47. The summed E-state index contributed by atoms with van der Waals surface area (Å²) in [7, 11) is 0. The van der Waals surface area contributed by atoms with E-state index in [9.17, 15) is 13.2 Å². The molecule has 0 aromatic carbocycles. The number of anilines is 1. The van der Waals surface area contributed by atoms with E-state index in [2.05, 4.69) is 9.68 Å². The predicted octanol–water partition coefficient (Wildman–Crippen LogP) is 2.47. The standard InChI is InChI=1S/C8H11F3N2O/c1-4(2)3-5-6(8(9,10)11)14-13-7(5)12/h4H,3H2,1-2H3,(H2,12,13). The van der Waals surface area contributed by atoms with Gasteiger partial charge in [0.1, 0.15) is 0 Å². The van der Waals surface area contributed by atoms with E-state index in [1.54, 1.807) is 13.8 Å². The first kappa shape index (κ1) is 10.9. The van der Waals surface area contributed by atoms with Crippen LogP contribution < -0.4 is 5.73 Å². The highest BCUT2D eigenvalue weighted by atomic mass is 19.4. The van der Waals surface area contributed by atoms with Gasteiger partial charge in [-0.2, -0.15) is 13.2 Å². The van der Waals surface area contributed by atoms with Gasteiger partial charge >= 0.3 is 6.18 Å². The van der Waals surface area contributed by atoms with E-state index in [1.807, 2.05) is 0 Å². The highest BCUT2D eigenvalue weighted by molar-refractivity contribution is 5.41. The molecule has 1 aromatic heterocycles. The summed E-state index contributed by atoms with van der Waals surface area (Å²) in [6.45, 7) is 3.60. The van der Waals surface area contributed by atoms with Gasteiger partial charge in [-0.25, -0.2) is 0 Å². The van der Waals surface area contributed by atoms with E-state index in [4.69, 9.17) is 5.73 Å². The Bertz CT molecular complexity index is 317. The van der Waals surface area contributed by atoms with Crippen molar-refractivity contribution in [3.8, 4) is 0 Å². The topological polar surface area (TPSA) is 52.0 Å². The Morgan fingerprint density at radius 1 is 1.43 bits per heavy atom. The van der Waals surface area contributed by atoms with Crippen molar-refractivity contribution >= 4 is 5.82 Å². The first-order chi connectivity index (χ1) is 6.32. The molecule has 0 aliphatic rings.